The fraction of sp³-hybridized carbons (Fsp3) is 0.625. The third kappa shape index (κ3) is 6.99. The predicted molar refractivity (Wildman–Crippen MR) is 93.7 cm³/mol. The highest BCUT2D eigenvalue weighted by Gasteiger charge is 2.15. The molecule has 7 heteroatoms. The number of aromatic hydroxyl groups is 2. The zero-order valence-corrected chi connectivity index (χ0v) is 14.7. The number of aromatic nitrogens is 1. The van der Waals surface area contributed by atoms with Gasteiger partial charge in [0.15, 0.2) is 5.88 Å². The van der Waals surface area contributed by atoms with E-state index in [1.807, 2.05) is 0 Å². The lowest BCUT2D eigenvalue weighted by atomic mass is 10.2. The second kappa shape index (κ2) is 10.2. The van der Waals surface area contributed by atoms with Crippen LogP contribution in [0.4, 0.5) is 0 Å². The van der Waals surface area contributed by atoms with E-state index in [0.717, 1.165) is 31.4 Å². The maximum atomic E-state index is 11.7. The molecule has 0 saturated heterocycles. The monoisotopic (exact) mass is 341 g/mol. The molecule has 0 unspecified atom stereocenters. The Morgan fingerprint density at radius 1 is 1.35 bits per heavy atom. The Labute approximate surface area is 141 Å². The van der Waals surface area contributed by atoms with Gasteiger partial charge in [-0.2, -0.15) is 0 Å². The van der Waals surface area contributed by atoms with Gasteiger partial charge >= 0.3 is 0 Å². The minimum absolute atomic E-state index is 0.000401. The summed E-state index contributed by atoms with van der Waals surface area (Å²) in [5.41, 5.74) is 0.643. The number of nitrogens with zero attached hydrogens (tertiary/aromatic N) is 1. The minimum atomic E-state index is -0.0818. The van der Waals surface area contributed by atoms with E-state index in [4.69, 9.17) is 5.41 Å². The highest BCUT2D eigenvalue weighted by Crippen LogP contribution is 2.35. The van der Waals surface area contributed by atoms with Crippen LogP contribution in [-0.2, 0) is 11.3 Å². The van der Waals surface area contributed by atoms with Crippen LogP contribution >= 0.6 is 11.8 Å². The molecule has 0 aliphatic heterocycles. The number of hydrogen-bond acceptors (Lipinski definition) is 5. The van der Waals surface area contributed by atoms with Gasteiger partial charge in [-0.3, -0.25) is 9.36 Å². The van der Waals surface area contributed by atoms with Gasteiger partial charge in [-0.25, -0.2) is 0 Å². The fourth-order valence-electron chi connectivity index (χ4n) is 2.05. The van der Waals surface area contributed by atoms with E-state index in [0.29, 0.717) is 17.2 Å². The van der Waals surface area contributed by atoms with E-state index >= 15 is 0 Å². The van der Waals surface area contributed by atoms with Gasteiger partial charge in [0.25, 0.3) is 0 Å². The van der Waals surface area contributed by atoms with Crippen molar-refractivity contribution in [3.63, 3.8) is 0 Å². The maximum Gasteiger partial charge on any atom is 0.221 e. The summed E-state index contributed by atoms with van der Waals surface area (Å²) in [6.07, 6.45) is 3.78. The molecule has 0 atom stereocenters. The van der Waals surface area contributed by atoms with Crippen LogP contribution in [-0.4, -0.2) is 38.7 Å². The molecule has 1 rings (SSSR count). The Hall–Kier alpha value is -1.63. The summed E-state index contributed by atoms with van der Waals surface area (Å²) in [7, 11) is 0. The smallest absolute Gasteiger partial charge is 0.221 e. The Kier molecular flexibility index (Phi) is 8.61. The van der Waals surface area contributed by atoms with E-state index in [-0.39, 0.29) is 30.6 Å². The average molecular weight is 341 g/mol. The van der Waals surface area contributed by atoms with Crippen molar-refractivity contribution < 1.29 is 15.0 Å². The van der Waals surface area contributed by atoms with Gasteiger partial charge in [-0.05, 0) is 31.9 Å². The van der Waals surface area contributed by atoms with Crippen molar-refractivity contribution in [1.29, 1.82) is 5.41 Å². The molecule has 0 aliphatic carbocycles. The van der Waals surface area contributed by atoms with Gasteiger partial charge in [0.1, 0.15) is 0 Å². The number of carbonyl (C=O) groups excluding carboxylic acids is 1. The summed E-state index contributed by atoms with van der Waals surface area (Å²) in [5.74, 6) is 0.654. The average Bonchev–Trinajstić information content (AvgIpc) is 2.76. The molecular formula is C16H27N3O3S. The van der Waals surface area contributed by atoms with Gasteiger partial charge in [0, 0.05) is 31.3 Å². The molecule has 23 heavy (non-hydrogen) atoms. The van der Waals surface area contributed by atoms with Crippen molar-refractivity contribution in [3.05, 3.63) is 6.07 Å². The second-order valence-electron chi connectivity index (χ2n) is 5.53. The highest BCUT2D eigenvalue weighted by molar-refractivity contribution is 7.99. The lowest BCUT2D eigenvalue weighted by molar-refractivity contribution is -0.121. The molecule has 0 aromatic carbocycles. The molecular weight excluding hydrogens is 314 g/mol. The van der Waals surface area contributed by atoms with Crippen molar-refractivity contribution in [3.8, 4) is 11.8 Å². The van der Waals surface area contributed by atoms with E-state index in [2.05, 4.69) is 12.2 Å². The molecule has 0 aliphatic rings. The first kappa shape index (κ1) is 19.4. The van der Waals surface area contributed by atoms with Gasteiger partial charge in [-0.15, -0.1) is 11.8 Å². The van der Waals surface area contributed by atoms with Gasteiger partial charge < -0.3 is 20.9 Å². The first-order valence-electron chi connectivity index (χ1n) is 8.00. The second-order valence-corrected chi connectivity index (χ2v) is 6.66. The number of carbonyl (C=O) groups is 1. The molecule has 0 radical (unpaired) electrons. The molecule has 0 spiro atoms. The van der Waals surface area contributed by atoms with Crippen molar-refractivity contribution in [2.24, 2.45) is 0 Å². The summed E-state index contributed by atoms with van der Waals surface area (Å²) in [6, 6.07) is 1.52. The number of nitrogens with one attached hydrogen (secondary N) is 2. The summed E-state index contributed by atoms with van der Waals surface area (Å²) in [5, 5.41) is 30.2. The van der Waals surface area contributed by atoms with Gasteiger partial charge in [0.2, 0.25) is 11.8 Å². The van der Waals surface area contributed by atoms with Crippen LogP contribution in [0.25, 0.3) is 0 Å². The number of amides is 1. The number of hydrogen-bond donors (Lipinski definition) is 4. The molecule has 0 saturated carbocycles. The predicted octanol–water partition coefficient (Wildman–Crippen LogP) is 3.12. The Morgan fingerprint density at radius 3 is 2.74 bits per heavy atom. The zero-order chi connectivity index (χ0) is 17.2. The number of rotatable bonds is 11. The van der Waals surface area contributed by atoms with Crippen LogP contribution in [0.1, 0.15) is 46.0 Å². The first-order valence-corrected chi connectivity index (χ1v) is 8.99. The van der Waals surface area contributed by atoms with Crippen LogP contribution < -0.4 is 5.32 Å². The van der Waals surface area contributed by atoms with E-state index in [1.54, 1.807) is 6.92 Å². The summed E-state index contributed by atoms with van der Waals surface area (Å²) in [4.78, 5) is 12.3. The summed E-state index contributed by atoms with van der Waals surface area (Å²) in [6.45, 7) is 4.74. The zero-order valence-electron chi connectivity index (χ0n) is 13.9. The molecule has 1 amide bonds. The van der Waals surface area contributed by atoms with E-state index in [1.165, 1.54) is 22.4 Å². The standard InChI is InChI=1S/C16H27N3O3S/c1-3-4-8-18-14(20)7-9-19-15(21)11-13(16(19)22)23-10-5-6-12(2)17/h11,17,21-22H,3-10H2,1-2H3,(H,18,20). The number of thioether (sulfide) groups is 1. The largest absolute Gasteiger partial charge is 0.494 e. The lowest BCUT2D eigenvalue weighted by Gasteiger charge is -2.08. The fourth-order valence-corrected chi connectivity index (χ4v) is 2.99. The summed E-state index contributed by atoms with van der Waals surface area (Å²) < 4.78 is 1.35. The number of unbranched alkanes of at least 4 members (excludes halogenated alkanes) is 1. The molecule has 1 aromatic heterocycles. The molecule has 1 aromatic rings. The van der Waals surface area contributed by atoms with Crippen molar-refractivity contribution >= 4 is 23.4 Å². The van der Waals surface area contributed by atoms with Gasteiger partial charge in [0.05, 0.1) is 4.90 Å². The minimum Gasteiger partial charge on any atom is -0.494 e. The molecule has 4 N–H and O–H groups in total. The Morgan fingerprint density at radius 2 is 2.09 bits per heavy atom. The van der Waals surface area contributed by atoms with Crippen molar-refractivity contribution in [2.75, 3.05) is 12.3 Å². The lowest BCUT2D eigenvalue weighted by Crippen LogP contribution is -2.25. The Bertz CT molecular complexity index is 529. The molecule has 1 heterocycles. The van der Waals surface area contributed by atoms with E-state index in [9.17, 15) is 15.0 Å². The van der Waals surface area contributed by atoms with Crippen LogP contribution in [0.3, 0.4) is 0 Å². The molecule has 6 nitrogen and oxygen atoms in total. The van der Waals surface area contributed by atoms with Crippen LogP contribution in [0.2, 0.25) is 0 Å². The Balaban J connectivity index is 2.47. The third-order valence-electron chi connectivity index (χ3n) is 3.38. The SMILES string of the molecule is CCCCNC(=O)CCn1c(O)cc(SCCCC(C)=N)c1O. The first-order chi connectivity index (χ1) is 11.0. The van der Waals surface area contributed by atoms with Crippen LogP contribution in [0.15, 0.2) is 11.0 Å². The quantitative estimate of drug-likeness (QED) is 0.282. The molecule has 0 bridgehead atoms. The van der Waals surface area contributed by atoms with Crippen molar-refractivity contribution in [2.45, 2.75) is 57.4 Å². The topological polar surface area (TPSA) is 98.3 Å². The summed E-state index contributed by atoms with van der Waals surface area (Å²) >= 11 is 1.45. The molecule has 130 valence electrons. The van der Waals surface area contributed by atoms with Crippen molar-refractivity contribution in [1.82, 2.24) is 9.88 Å². The van der Waals surface area contributed by atoms with Crippen LogP contribution in [0, 0.1) is 5.41 Å². The highest BCUT2D eigenvalue weighted by atomic mass is 32.2. The maximum absolute atomic E-state index is 11.7. The van der Waals surface area contributed by atoms with Gasteiger partial charge in [-0.1, -0.05) is 13.3 Å². The normalized spacial score (nSPS) is 10.7. The van der Waals surface area contributed by atoms with E-state index < -0.39 is 0 Å². The third-order valence-corrected chi connectivity index (χ3v) is 4.49. The van der Waals surface area contributed by atoms with Crippen LogP contribution in [0.5, 0.6) is 11.8 Å². The molecule has 0 fully saturated rings.